The molecule has 0 radical (unpaired) electrons. The van der Waals surface area contributed by atoms with Crippen molar-refractivity contribution in [2.24, 2.45) is 11.3 Å². The molecule has 1 heterocycles. The number of carbonyl (C=O) groups excluding carboxylic acids is 3. The molecule has 3 aliphatic rings. The van der Waals surface area contributed by atoms with Gasteiger partial charge in [-0.2, -0.15) is 0 Å². The number of nitrogens with one attached hydrogen (secondary N) is 2. The van der Waals surface area contributed by atoms with Gasteiger partial charge in [-0.05, 0) is 68.4 Å². The van der Waals surface area contributed by atoms with Gasteiger partial charge in [0.05, 0.1) is 0 Å². The Kier molecular flexibility index (Phi) is 9.34. The molecule has 1 aliphatic heterocycles. The SMILES string of the molecule is C=C[C@@H]1C[C@]1(NC(=O)[C@@H]1CCCN1C(=O)[C@@H](NC(=O)OC1CCCC1)C(C)(C)C)P(=O)(O)CCc1ccccc1F. The smallest absolute Gasteiger partial charge is 0.408 e. The van der Waals surface area contributed by atoms with Gasteiger partial charge in [-0.1, -0.05) is 45.0 Å². The molecule has 5 atom stereocenters. The van der Waals surface area contributed by atoms with Gasteiger partial charge in [0.1, 0.15) is 29.3 Å². The van der Waals surface area contributed by atoms with E-state index in [2.05, 4.69) is 17.2 Å². The summed E-state index contributed by atoms with van der Waals surface area (Å²) in [6, 6.07) is 4.32. The molecule has 41 heavy (non-hydrogen) atoms. The summed E-state index contributed by atoms with van der Waals surface area (Å²) in [5.41, 5.74) is -0.326. The zero-order valence-corrected chi connectivity index (χ0v) is 25.1. The Balaban J connectivity index is 1.46. The molecule has 0 bridgehead atoms. The maximum Gasteiger partial charge on any atom is 0.408 e. The van der Waals surface area contributed by atoms with Crippen molar-refractivity contribution < 1.29 is 33.0 Å². The average molecular weight is 592 g/mol. The fourth-order valence-corrected chi connectivity index (χ4v) is 8.42. The molecule has 226 valence electrons. The molecule has 1 saturated heterocycles. The van der Waals surface area contributed by atoms with Crippen LogP contribution in [0.3, 0.4) is 0 Å². The second-order valence-electron chi connectivity index (χ2n) is 12.7. The lowest BCUT2D eigenvalue weighted by Crippen LogP contribution is -2.58. The first-order valence-corrected chi connectivity index (χ1v) is 16.4. The molecule has 1 aromatic rings. The number of rotatable bonds is 10. The minimum absolute atomic E-state index is 0.0475. The first-order chi connectivity index (χ1) is 19.3. The highest BCUT2D eigenvalue weighted by Crippen LogP contribution is 2.69. The van der Waals surface area contributed by atoms with Gasteiger partial charge in [0.15, 0.2) is 0 Å². The normalized spacial score (nSPS) is 26.6. The fourth-order valence-electron chi connectivity index (χ4n) is 6.08. The van der Waals surface area contributed by atoms with Crippen LogP contribution < -0.4 is 10.6 Å². The molecule has 2 aliphatic carbocycles. The Hall–Kier alpha value is -2.71. The first kappa shape index (κ1) is 31.2. The molecule has 3 N–H and O–H groups in total. The molecule has 2 saturated carbocycles. The number of benzene rings is 1. The molecule has 4 rings (SSSR count). The minimum atomic E-state index is -4.01. The summed E-state index contributed by atoms with van der Waals surface area (Å²) >= 11 is 0. The summed E-state index contributed by atoms with van der Waals surface area (Å²) in [5.74, 6) is -1.77. The second kappa shape index (κ2) is 12.3. The van der Waals surface area contributed by atoms with Gasteiger partial charge in [0.2, 0.25) is 19.2 Å². The Morgan fingerprint density at radius 2 is 1.90 bits per heavy atom. The van der Waals surface area contributed by atoms with Crippen molar-refractivity contribution in [2.75, 3.05) is 12.7 Å². The van der Waals surface area contributed by atoms with Gasteiger partial charge < -0.3 is 25.2 Å². The third-order valence-corrected chi connectivity index (χ3v) is 11.4. The third-order valence-electron chi connectivity index (χ3n) is 8.66. The van der Waals surface area contributed by atoms with Gasteiger partial charge in [0, 0.05) is 18.6 Å². The van der Waals surface area contributed by atoms with Gasteiger partial charge in [0.25, 0.3) is 0 Å². The van der Waals surface area contributed by atoms with Crippen LogP contribution in [0.2, 0.25) is 0 Å². The van der Waals surface area contributed by atoms with Crippen molar-refractivity contribution in [2.45, 2.75) is 95.6 Å². The van der Waals surface area contributed by atoms with Crippen LogP contribution in [-0.4, -0.2) is 63.9 Å². The molecule has 0 aromatic heterocycles. The lowest BCUT2D eigenvalue weighted by Gasteiger charge is -2.36. The van der Waals surface area contributed by atoms with Crippen molar-refractivity contribution in [3.8, 4) is 0 Å². The molecule has 11 heteroatoms. The van der Waals surface area contributed by atoms with Gasteiger partial charge in [-0.15, -0.1) is 6.58 Å². The van der Waals surface area contributed by atoms with Crippen LogP contribution in [0.15, 0.2) is 36.9 Å². The Morgan fingerprint density at radius 3 is 2.51 bits per heavy atom. The zero-order valence-electron chi connectivity index (χ0n) is 24.2. The van der Waals surface area contributed by atoms with Crippen molar-refractivity contribution in [3.63, 3.8) is 0 Å². The lowest BCUT2D eigenvalue weighted by atomic mass is 9.85. The molecule has 0 spiro atoms. The number of aryl methyl sites for hydroxylation is 1. The number of ether oxygens (including phenoxy) is 1. The van der Waals surface area contributed by atoms with E-state index in [1.165, 1.54) is 11.0 Å². The van der Waals surface area contributed by atoms with E-state index in [1.54, 1.807) is 24.3 Å². The van der Waals surface area contributed by atoms with Crippen molar-refractivity contribution in [3.05, 3.63) is 48.3 Å². The average Bonchev–Trinajstić information content (AvgIpc) is 3.24. The maximum atomic E-state index is 14.2. The largest absolute Gasteiger partial charge is 0.446 e. The number of halogens is 1. The molecule has 1 unspecified atom stereocenters. The lowest BCUT2D eigenvalue weighted by molar-refractivity contribution is -0.142. The maximum absolute atomic E-state index is 14.2. The standard InChI is InChI=1S/C30H43FN3O6P/c1-5-21-19-30(21,41(38,39)18-16-20-11-6-9-14-23(20)31)33-26(35)24-15-10-17-34(24)27(36)25(29(2,3)4)32-28(37)40-22-12-7-8-13-22/h5-6,9,11,14,21-22,24-25H,1,7-8,10,12-13,15-19H2,2-4H3,(H,32,37)(H,33,35)(H,38,39)/t21-,24+,25-,30+/m1/s1. The van der Waals surface area contributed by atoms with Crippen molar-refractivity contribution >= 4 is 25.3 Å². The van der Waals surface area contributed by atoms with Crippen LogP contribution in [0.5, 0.6) is 0 Å². The van der Waals surface area contributed by atoms with Gasteiger partial charge in [-0.25, -0.2) is 9.18 Å². The van der Waals surface area contributed by atoms with Gasteiger partial charge in [-0.3, -0.25) is 14.2 Å². The van der Waals surface area contributed by atoms with Crippen LogP contribution in [0.1, 0.15) is 71.3 Å². The van der Waals surface area contributed by atoms with Crippen molar-refractivity contribution in [1.82, 2.24) is 15.5 Å². The number of nitrogens with zero attached hydrogens (tertiary/aromatic N) is 1. The molecule has 1 aromatic carbocycles. The number of hydrogen-bond acceptors (Lipinski definition) is 5. The highest BCUT2D eigenvalue weighted by atomic mass is 31.2. The van der Waals surface area contributed by atoms with E-state index in [9.17, 15) is 28.2 Å². The topological polar surface area (TPSA) is 125 Å². The number of alkyl carbamates (subject to hydrolysis) is 1. The Morgan fingerprint density at radius 1 is 1.22 bits per heavy atom. The van der Waals surface area contributed by atoms with E-state index in [0.29, 0.717) is 24.9 Å². The number of hydrogen-bond donors (Lipinski definition) is 3. The molecule has 3 amide bonds. The number of amides is 3. The zero-order chi connectivity index (χ0) is 30.0. The predicted molar refractivity (Wildman–Crippen MR) is 154 cm³/mol. The summed E-state index contributed by atoms with van der Waals surface area (Å²) in [6.45, 7) is 9.60. The summed E-state index contributed by atoms with van der Waals surface area (Å²) in [7, 11) is -4.01. The van der Waals surface area contributed by atoms with Crippen LogP contribution >= 0.6 is 7.37 Å². The van der Waals surface area contributed by atoms with E-state index < -0.39 is 59.8 Å². The van der Waals surface area contributed by atoms with Crippen LogP contribution in [0, 0.1) is 17.2 Å². The van der Waals surface area contributed by atoms with Crippen LogP contribution in [-0.2, 0) is 25.3 Å². The first-order valence-electron chi connectivity index (χ1n) is 14.6. The van der Waals surface area contributed by atoms with E-state index in [-0.39, 0.29) is 25.1 Å². The highest BCUT2D eigenvalue weighted by Gasteiger charge is 2.65. The number of carbonyl (C=O) groups is 3. The monoisotopic (exact) mass is 591 g/mol. The Bertz CT molecular complexity index is 1210. The van der Waals surface area contributed by atoms with E-state index in [1.807, 2.05) is 20.8 Å². The summed E-state index contributed by atoms with van der Waals surface area (Å²) in [6.07, 6.45) is 5.42. The predicted octanol–water partition coefficient (Wildman–Crippen LogP) is 4.73. The van der Waals surface area contributed by atoms with E-state index in [4.69, 9.17) is 4.74 Å². The highest BCUT2D eigenvalue weighted by molar-refractivity contribution is 7.60. The Labute approximate surface area is 241 Å². The molecular formula is C30H43FN3O6P. The van der Waals surface area contributed by atoms with Gasteiger partial charge >= 0.3 is 6.09 Å². The summed E-state index contributed by atoms with van der Waals surface area (Å²) in [4.78, 5) is 52.7. The third kappa shape index (κ3) is 6.86. The second-order valence-corrected chi connectivity index (χ2v) is 15.3. The molecule has 3 fully saturated rings. The number of likely N-dealkylation sites (tertiary alicyclic amines) is 1. The van der Waals surface area contributed by atoms with E-state index >= 15 is 0 Å². The van der Waals surface area contributed by atoms with Crippen molar-refractivity contribution in [1.29, 1.82) is 0 Å². The quantitative estimate of drug-likeness (QED) is 0.267. The van der Waals surface area contributed by atoms with E-state index in [0.717, 1.165) is 25.7 Å². The van der Waals surface area contributed by atoms with Crippen LogP contribution in [0.25, 0.3) is 0 Å². The summed E-state index contributed by atoms with van der Waals surface area (Å²) < 4.78 is 33.3. The minimum Gasteiger partial charge on any atom is -0.446 e. The summed E-state index contributed by atoms with van der Waals surface area (Å²) in [5, 5.41) is 4.17. The molecule has 9 nitrogen and oxygen atoms in total. The van der Waals surface area contributed by atoms with Crippen LogP contribution in [0.4, 0.5) is 9.18 Å². The fraction of sp³-hybridized carbons (Fsp3) is 0.633. The molecular weight excluding hydrogens is 548 g/mol.